The number of carbonyl (C=O) groups excluding carboxylic acids is 1. The summed E-state index contributed by atoms with van der Waals surface area (Å²) in [4.78, 5) is 13.1. The quantitative estimate of drug-likeness (QED) is 0.744. The molecule has 0 spiro atoms. The van der Waals surface area contributed by atoms with Crippen molar-refractivity contribution in [3.63, 3.8) is 0 Å². The molecule has 15 heavy (non-hydrogen) atoms. The second kappa shape index (κ2) is 3.81. The van der Waals surface area contributed by atoms with Crippen LogP contribution >= 0.6 is 0 Å². The van der Waals surface area contributed by atoms with Crippen LogP contribution in [0.4, 0.5) is 10.5 Å². The first-order valence-corrected chi connectivity index (χ1v) is 4.83. The van der Waals surface area contributed by atoms with Gasteiger partial charge in [-0.1, -0.05) is 6.07 Å². The minimum absolute atomic E-state index is 0.0521. The second-order valence-corrected chi connectivity index (χ2v) is 3.51. The predicted octanol–water partition coefficient (Wildman–Crippen LogP) is 2.04. The van der Waals surface area contributed by atoms with Gasteiger partial charge in [0.15, 0.2) is 0 Å². The molecule has 0 radical (unpaired) electrons. The number of ether oxygens (including phenoxy) is 2. The molecule has 0 aromatic heterocycles. The van der Waals surface area contributed by atoms with Crippen LogP contribution in [0.15, 0.2) is 24.3 Å². The number of anilines is 1. The lowest BCUT2D eigenvalue weighted by Gasteiger charge is -2.13. The van der Waals surface area contributed by atoms with Crippen molar-refractivity contribution in [1.82, 2.24) is 0 Å². The highest BCUT2D eigenvalue weighted by atomic mass is 16.6. The number of hydrogen-bond acceptors (Lipinski definition) is 3. The lowest BCUT2D eigenvalue weighted by atomic mass is 10.2. The largest absolute Gasteiger partial charge is 0.497 e. The fraction of sp³-hybridized carbons (Fsp3) is 0.364. The van der Waals surface area contributed by atoms with Gasteiger partial charge in [0.1, 0.15) is 11.9 Å². The Labute approximate surface area is 88.4 Å². The van der Waals surface area contributed by atoms with Crippen molar-refractivity contribution in [2.45, 2.75) is 13.0 Å². The van der Waals surface area contributed by atoms with Gasteiger partial charge in [0, 0.05) is 6.07 Å². The number of methoxy groups -OCH3 is 1. The van der Waals surface area contributed by atoms with Gasteiger partial charge in [-0.15, -0.1) is 0 Å². The van der Waals surface area contributed by atoms with Crippen molar-refractivity contribution in [2.24, 2.45) is 0 Å². The summed E-state index contributed by atoms with van der Waals surface area (Å²) >= 11 is 0. The van der Waals surface area contributed by atoms with Gasteiger partial charge >= 0.3 is 6.09 Å². The Bertz CT molecular complexity index is 378. The van der Waals surface area contributed by atoms with Gasteiger partial charge in [-0.3, -0.25) is 4.90 Å². The molecule has 1 heterocycles. The minimum Gasteiger partial charge on any atom is -0.497 e. The van der Waals surface area contributed by atoms with Crippen molar-refractivity contribution in [2.75, 3.05) is 18.6 Å². The Morgan fingerprint density at radius 3 is 2.93 bits per heavy atom. The van der Waals surface area contributed by atoms with Gasteiger partial charge in [-0.05, 0) is 19.1 Å². The highest BCUT2D eigenvalue weighted by molar-refractivity contribution is 5.89. The van der Waals surface area contributed by atoms with Crippen LogP contribution in [-0.2, 0) is 4.74 Å². The van der Waals surface area contributed by atoms with Crippen LogP contribution in [0, 0.1) is 0 Å². The zero-order chi connectivity index (χ0) is 10.8. The normalized spacial score (nSPS) is 20.3. The van der Waals surface area contributed by atoms with E-state index in [2.05, 4.69) is 0 Å². The third-order valence-corrected chi connectivity index (χ3v) is 2.33. The summed E-state index contributed by atoms with van der Waals surface area (Å²) in [7, 11) is 1.60. The summed E-state index contributed by atoms with van der Waals surface area (Å²) in [5.74, 6) is 0.736. The van der Waals surface area contributed by atoms with E-state index in [1.165, 1.54) is 0 Å². The molecule has 1 atom stereocenters. The van der Waals surface area contributed by atoms with Crippen molar-refractivity contribution in [1.29, 1.82) is 0 Å². The Morgan fingerprint density at radius 1 is 1.53 bits per heavy atom. The average Bonchev–Trinajstić information content (AvgIpc) is 2.58. The van der Waals surface area contributed by atoms with Gasteiger partial charge < -0.3 is 9.47 Å². The molecule has 4 nitrogen and oxygen atoms in total. The highest BCUT2D eigenvalue weighted by Crippen LogP contribution is 2.25. The molecule has 1 aliphatic rings. The Morgan fingerprint density at radius 2 is 2.33 bits per heavy atom. The summed E-state index contributed by atoms with van der Waals surface area (Å²) < 4.78 is 10.1. The van der Waals surface area contributed by atoms with Crippen LogP contribution in [0.25, 0.3) is 0 Å². The molecular weight excluding hydrogens is 194 g/mol. The molecule has 0 bridgehead atoms. The van der Waals surface area contributed by atoms with Crippen LogP contribution < -0.4 is 9.64 Å². The minimum atomic E-state index is -0.296. The maximum Gasteiger partial charge on any atom is 0.414 e. The molecule has 1 aromatic rings. The molecule has 1 aromatic carbocycles. The third kappa shape index (κ3) is 1.88. The van der Waals surface area contributed by atoms with Crippen molar-refractivity contribution in [3.05, 3.63) is 24.3 Å². The maximum atomic E-state index is 11.4. The van der Waals surface area contributed by atoms with E-state index in [1.54, 1.807) is 12.0 Å². The lowest BCUT2D eigenvalue weighted by Crippen LogP contribution is -2.23. The molecule has 1 fully saturated rings. The first-order chi connectivity index (χ1) is 7.20. The van der Waals surface area contributed by atoms with Gasteiger partial charge in [-0.25, -0.2) is 4.79 Å². The molecule has 4 heteroatoms. The van der Waals surface area contributed by atoms with Gasteiger partial charge in [0.2, 0.25) is 0 Å². The summed E-state index contributed by atoms with van der Waals surface area (Å²) in [6, 6.07) is 7.37. The van der Waals surface area contributed by atoms with Crippen molar-refractivity contribution >= 4 is 11.8 Å². The van der Waals surface area contributed by atoms with E-state index in [-0.39, 0.29) is 12.2 Å². The molecule has 2 rings (SSSR count). The van der Waals surface area contributed by atoms with Crippen LogP contribution in [0.5, 0.6) is 5.75 Å². The lowest BCUT2D eigenvalue weighted by molar-refractivity contribution is 0.150. The molecule has 1 amide bonds. The van der Waals surface area contributed by atoms with Crippen LogP contribution in [0.2, 0.25) is 0 Å². The van der Waals surface area contributed by atoms with Gasteiger partial charge in [0.05, 0.1) is 19.3 Å². The maximum absolute atomic E-state index is 11.4. The first kappa shape index (κ1) is 9.83. The zero-order valence-electron chi connectivity index (χ0n) is 8.77. The molecule has 0 saturated carbocycles. The van der Waals surface area contributed by atoms with Crippen LogP contribution in [0.3, 0.4) is 0 Å². The van der Waals surface area contributed by atoms with E-state index >= 15 is 0 Å². The van der Waals surface area contributed by atoms with E-state index < -0.39 is 0 Å². The zero-order valence-corrected chi connectivity index (χ0v) is 8.77. The third-order valence-electron chi connectivity index (χ3n) is 2.33. The highest BCUT2D eigenvalue weighted by Gasteiger charge is 2.29. The molecule has 1 aliphatic heterocycles. The number of cyclic esters (lactones) is 1. The molecule has 1 saturated heterocycles. The SMILES string of the molecule is COc1cccc(N2CC(C)OC2=O)c1. The molecule has 80 valence electrons. The number of carbonyl (C=O) groups is 1. The topological polar surface area (TPSA) is 38.8 Å². The number of benzene rings is 1. The van der Waals surface area contributed by atoms with E-state index in [4.69, 9.17) is 9.47 Å². The standard InChI is InChI=1S/C11H13NO3/c1-8-7-12(11(13)15-8)9-4-3-5-10(6-9)14-2/h3-6,8H,7H2,1-2H3. The molecule has 0 N–H and O–H groups in total. The predicted molar refractivity (Wildman–Crippen MR) is 56.3 cm³/mol. The number of rotatable bonds is 2. The van der Waals surface area contributed by atoms with Crippen LogP contribution in [0.1, 0.15) is 6.92 Å². The van der Waals surface area contributed by atoms with E-state index in [0.29, 0.717) is 6.54 Å². The molecule has 0 aliphatic carbocycles. The molecule has 1 unspecified atom stereocenters. The Kier molecular flexibility index (Phi) is 2.49. The van der Waals surface area contributed by atoms with Crippen molar-refractivity contribution < 1.29 is 14.3 Å². The fourth-order valence-electron chi connectivity index (χ4n) is 1.59. The monoisotopic (exact) mass is 207 g/mol. The van der Waals surface area contributed by atoms with E-state index in [0.717, 1.165) is 11.4 Å². The van der Waals surface area contributed by atoms with Gasteiger partial charge in [0.25, 0.3) is 0 Å². The second-order valence-electron chi connectivity index (χ2n) is 3.51. The Balaban J connectivity index is 2.25. The van der Waals surface area contributed by atoms with E-state index in [9.17, 15) is 4.79 Å². The summed E-state index contributed by atoms with van der Waals surface area (Å²) in [5, 5.41) is 0. The van der Waals surface area contributed by atoms with Crippen LogP contribution in [-0.4, -0.2) is 25.9 Å². The summed E-state index contributed by atoms with van der Waals surface area (Å²) in [5.41, 5.74) is 0.809. The first-order valence-electron chi connectivity index (χ1n) is 4.83. The smallest absolute Gasteiger partial charge is 0.414 e. The van der Waals surface area contributed by atoms with E-state index in [1.807, 2.05) is 31.2 Å². The Hall–Kier alpha value is -1.71. The van der Waals surface area contributed by atoms with Gasteiger partial charge in [-0.2, -0.15) is 0 Å². The average molecular weight is 207 g/mol. The molecular formula is C11H13NO3. The number of hydrogen-bond donors (Lipinski definition) is 0. The summed E-state index contributed by atoms with van der Waals surface area (Å²) in [6.07, 6.45) is -0.348. The number of amides is 1. The summed E-state index contributed by atoms with van der Waals surface area (Å²) in [6.45, 7) is 2.46. The van der Waals surface area contributed by atoms with Crippen molar-refractivity contribution in [3.8, 4) is 5.75 Å². The number of nitrogens with zero attached hydrogens (tertiary/aromatic N) is 1. The fourth-order valence-corrected chi connectivity index (χ4v) is 1.59.